The highest BCUT2D eigenvalue weighted by Gasteiger charge is 2.54. The summed E-state index contributed by atoms with van der Waals surface area (Å²) in [6.07, 6.45) is 3.50. The highest BCUT2D eigenvalue weighted by atomic mass is 16.2. The van der Waals surface area contributed by atoms with Crippen LogP contribution in [0.15, 0.2) is 67.3 Å². The van der Waals surface area contributed by atoms with E-state index in [4.69, 9.17) is 0 Å². The van der Waals surface area contributed by atoms with Crippen molar-refractivity contribution in [2.75, 3.05) is 43.1 Å². The van der Waals surface area contributed by atoms with E-state index in [1.54, 1.807) is 15.9 Å². The molecule has 2 aliphatic heterocycles. The lowest BCUT2D eigenvalue weighted by atomic mass is 9.85. The summed E-state index contributed by atoms with van der Waals surface area (Å²) < 4.78 is 0. The predicted octanol–water partition coefficient (Wildman–Crippen LogP) is 3.22. The number of hydrogen-bond acceptors (Lipinski definition) is 4. The number of likely N-dealkylation sites (tertiary alicyclic amines) is 1. The summed E-state index contributed by atoms with van der Waals surface area (Å²) >= 11 is 0. The molecule has 0 aromatic heterocycles. The average Bonchev–Trinajstić information content (AvgIpc) is 3.14. The third-order valence-corrected chi connectivity index (χ3v) is 6.82. The number of nitrogens with one attached hydrogen (secondary N) is 2. The quantitative estimate of drug-likeness (QED) is 0.603. The topological polar surface area (TPSA) is 85.0 Å². The second kappa shape index (κ2) is 10.6. The molecule has 2 N–H and O–H groups in total. The second-order valence-corrected chi connectivity index (χ2v) is 9.00. The van der Waals surface area contributed by atoms with Gasteiger partial charge in [-0.2, -0.15) is 0 Å². The Morgan fingerprint density at radius 2 is 1.83 bits per heavy atom. The maximum Gasteiger partial charge on any atom is 0.321 e. The number of aryl methyl sites for hydroxylation is 1. The van der Waals surface area contributed by atoms with Gasteiger partial charge in [0.15, 0.2) is 0 Å². The van der Waals surface area contributed by atoms with Gasteiger partial charge in [0.1, 0.15) is 12.1 Å². The van der Waals surface area contributed by atoms with Gasteiger partial charge in [-0.1, -0.05) is 43.3 Å². The van der Waals surface area contributed by atoms with Crippen LogP contribution in [-0.4, -0.2) is 66.0 Å². The second-order valence-electron chi connectivity index (χ2n) is 9.00. The normalized spacial score (nSPS) is 16.9. The molecular formula is C27H33N5O3. The van der Waals surface area contributed by atoms with Crippen LogP contribution in [0.3, 0.4) is 0 Å². The number of hydrogen-bond donors (Lipinski definition) is 2. The lowest BCUT2D eigenvalue weighted by molar-refractivity contribution is -0.137. The fourth-order valence-corrected chi connectivity index (χ4v) is 4.89. The Kier molecular flexibility index (Phi) is 7.39. The van der Waals surface area contributed by atoms with Crippen LogP contribution in [-0.2, 0) is 16.0 Å². The van der Waals surface area contributed by atoms with Crippen LogP contribution in [0, 0.1) is 0 Å². The number of para-hydroxylation sites is 1. The standard InChI is InChI=1S/C27H33N5O3/c1-3-15-28-24(33)19-31-20-32(23-11-6-5-7-12-23)27(25(31)34)13-16-30(17-14-27)26(35)29-22-10-8-9-21(4-2)18-22/h3,5-12,18H,1,4,13-17,19-20H2,2H3,(H,28,33)(H,29,35). The maximum absolute atomic E-state index is 13.7. The van der Waals surface area contributed by atoms with Crippen LogP contribution in [0.5, 0.6) is 0 Å². The molecule has 184 valence electrons. The summed E-state index contributed by atoms with van der Waals surface area (Å²) in [5.41, 5.74) is 2.09. The van der Waals surface area contributed by atoms with Crippen molar-refractivity contribution >= 4 is 29.2 Å². The first kappa shape index (κ1) is 24.3. The number of amides is 4. The van der Waals surface area contributed by atoms with Crippen LogP contribution in [0.25, 0.3) is 0 Å². The predicted molar refractivity (Wildman–Crippen MR) is 137 cm³/mol. The first-order chi connectivity index (χ1) is 17.0. The Morgan fingerprint density at radius 3 is 2.51 bits per heavy atom. The summed E-state index contributed by atoms with van der Waals surface area (Å²) in [4.78, 5) is 44.4. The largest absolute Gasteiger partial charge is 0.351 e. The van der Waals surface area contributed by atoms with E-state index in [0.29, 0.717) is 39.1 Å². The number of nitrogens with zero attached hydrogens (tertiary/aromatic N) is 3. The summed E-state index contributed by atoms with van der Waals surface area (Å²) in [5.74, 6) is -0.278. The Labute approximate surface area is 206 Å². The third kappa shape index (κ3) is 5.16. The van der Waals surface area contributed by atoms with Crippen molar-refractivity contribution in [3.63, 3.8) is 0 Å². The number of anilines is 2. The monoisotopic (exact) mass is 475 g/mol. The highest BCUT2D eigenvalue weighted by molar-refractivity contribution is 5.97. The van der Waals surface area contributed by atoms with Gasteiger partial charge < -0.3 is 25.3 Å². The number of rotatable bonds is 7. The average molecular weight is 476 g/mol. The number of benzene rings is 2. The molecule has 2 aromatic rings. The van der Waals surface area contributed by atoms with E-state index in [1.165, 1.54) is 0 Å². The SMILES string of the molecule is C=CCNC(=O)CN1CN(c2ccccc2)C2(CCN(C(=O)Nc3cccc(CC)c3)CC2)C1=O. The van der Waals surface area contributed by atoms with Crippen molar-refractivity contribution < 1.29 is 14.4 Å². The van der Waals surface area contributed by atoms with E-state index in [-0.39, 0.29) is 24.4 Å². The lowest BCUT2D eigenvalue weighted by Crippen LogP contribution is -2.58. The van der Waals surface area contributed by atoms with Crippen molar-refractivity contribution in [1.82, 2.24) is 15.1 Å². The molecule has 8 nitrogen and oxygen atoms in total. The summed E-state index contributed by atoms with van der Waals surface area (Å²) in [6.45, 7) is 7.28. The molecule has 4 amide bonds. The number of carbonyl (C=O) groups excluding carboxylic acids is 3. The molecule has 0 bridgehead atoms. The number of carbonyl (C=O) groups is 3. The smallest absolute Gasteiger partial charge is 0.321 e. The molecule has 0 saturated carbocycles. The van der Waals surface area contributed by atoms with Crippen molar-refractivity contribution in [2.24, 2.45) is 0 Å². The Hall–Kier alpha value is -3.81. The zero-order valence-corrected chi connectivity index (χ0v) is 20.2. The fraction of sp³-hybridized carbons (Fsp3) is 0.370. The van der Waals surface area contributed by atoms with Crippen LogP contribution < -0.4 is 15.5 Å². The van der Waals surface area contributed by atoms with Crippen LogP contribution in [0.2, 0.25) is 0 Å². The Bertz CT molecular complexity index is 1080. The maximum atomic E-state index is 13.7. The molecule has 4 rings (SSSR count). The van der Waals surface area contributed by atoms with Crippen molar-refractivity contribution in [1.29, 1.82) is 0 Å². The molecular weight excluding hydrogens is 442 g/mol. The molecule has 0 unspecified atom stereocenters. The van der Waals surface area contributed by atoms with Gasteiger partial charge in [-0.05, 0) is 49.1 Å². The van der Waals surface area contributed by atoms with E-state index >= 15 is 0 Å². The minimum atomic E-state index is -0.779. The number of urea groups is 1. The van der Waals surface area contributed by atoms with Gasteiger partial charge in [0.05, 0.1) is 6.67 Å². The summed E-state index contributed by atoms with van der Waals surface area (Å²) in [6, 6.07) is 17.5. The molecule has 2 aromatic carbocycles. The van der Waals surface area contributed by atoms with Gasteiger partial charge >= 0.3 is 6.03 Å². The van der Waals surface area contributed by atoms with Crippen molar-refractivity contribution in [3.05, 3.63) is 72.8 Å². The van der Waals surface area contributed by atoms with Gasteiger partial charge in [0.2, 0.25) is 5.91 Å². The molecule has 8 heteroatoms. The molecule has 2 aliphatic rings. The van der Waals surface area contributed by atoms with E-state index in [2.05, 4.69) is 29.0 Å². The minimum Gasteiger partial charge on any atom is -0.351 e. The van der Waals surface area contributed by atoms with Crippen molar-refractivity contribution in [3.8, 4) is 0 Å². The first-order valence-corrected chi connectivity index (χ1v) is 12.1. The third-order valence-electron chi connectivity index (χ3n) is 6.82. The zero-order valence-electron chi connectivity index (χ0n) is 20.2. The van der Waals surface area contributed by atoms with Gasteiger partial charge in [0, 0.05) is 31.0 Å². The molecule has 2 heterocycles. The van der Waals surface area contributed by atoms with E-state index in [1.807, 2.05) is 54.6 Å². The highest BCUT2D eigenvalue weighted by Crippen LogP contribution is 2.39. The van der Waals surface area contributed by atoms with Gasteiger partial charge in [-0.15, -0.1) is 6.58 Å². The van der Waals surface area contributed by atoms with Gasteiger partial charge in [0.25, 0.3) is 5.91 Å². The van der Waals surface area contributed by atoms with Crippen molar-refractivity contribution in [2.45, 2.75) is 31.7 Å². The molecule has 0 atom stereocenters. The van der Waals surface area contributed by atoms with Crippen LogP contribution >= 0.6 is 0 Å². The van der Waals surface area contributed by atoms with E-state index < -0.39 is 5.54 Å². The van der Waals surface area contributed by atoms with Gasteiger partial charge in [-0.3, -0.25) is 9.59 Å². The molecule has 0 radical (unpaired) electrons. The summed E-state index contributed by atoms with van der Waals surface area (Å²) in [7, 11) is 0. The van der Waals surface area contributed by atoms with Crippen LogP contribution in [0.4, 0.5) is 16.2 Å². The first-order valence-electron chi connectivity index (χ1n) is 12.1. The molecule has 2 fully saturated rings. The van der Waals surface area contributed by atoms with E-state index in [9.17, 15) is 14.4 Å². The molecule has 0 aliphatic carbocycles. The van der Waals surface area contributed by atoms with Crippen LogP contribution in [0.1, 0.15) is 25.3 Å². The Balaban J connectivity index is 1.48. The summed E-state index contributed by atoms with van der Waals surface area (Å²) in [5, 5.41) is 5.74. The fourth-order valence-electron chi connectivity index (χ4n) is 4.89. The van der Waals surface area contributed by atoms with Gasteiger partial charge in [-0.25, -0.2) is 4.79 Å². The zero-order chi connectivity index (χ0) is 24.8. The molecule has 2 saturated heterocycles. The lowest BCUT2D eigenvalue weighted by Gasteiger charge is -2.43. The minimum absolute atomic E-state index is 0.00424. The number of piperidine rings is 1. The van der Waals surface area contributed by atoms with E-state index in [0.717, 1.165) is 23.4 Å². The molecule has 1 spiro atoms. The Morgan fingerprint density at radius 1 is 1.09 bits per heavy atom. The molecule has 35 heavy (non-hydrogen) atoms.